The molecular weight excluding hydrogens is 312 g/mol. The Morgan fingerprint density at radius 2 is 1.48 bits per heavy atom. The Kier molecular flexibility index (Phi) is 4.21. The van der Waals surface area contributed by atoms with E-state index in [2.05, 4.69) is 12.1 Å². The summed E-state index contributed by atoms with van der Waals surface area (Å²) in [4.78, 5) is 12.8. The fraction of sp³-hybridized carbons (Fsp3) is 0.136. The lowest BCUT2D eigenvalue weighted by atomic mass is 9.85. The van der Waals surface area contributed by atoms with Gasteiger partial charge in [-0.15, -0.1) is 0 Å². The van der Waals surface area contributed by atoms with Crippen LogP contribution >= 0.6 is 0 Å². The first-order chi connectivity index (χ1) is 12.3. The van der Waals surface area contributed by atoms with Crippen LogP contribution in [-0.4, -0.2) is 12.6 Å². The lowest BCUT2D eigenvalue weighted by molar-refractivity contribution is 0.0977. The molecule has 0 aromatic heterocycles. The van der Waals surface area contributed by atoms with Crippen LogP contribution in [0.15, 0.2) is 78.9 Å². The smallest absolute Gasteiger partial charge is 0.231 e. The molecule has 3 heteroatoms. The fourth-order valence-corrected chi connectivity index (χ4v) is 3.17. The van der Waals surface area contributed by atoms with Crippen molar-refractivity contribution in [1.29, 1.82) is 0 Å². The highest BCUT2D eigenvalue weighted by molar-refractivity contribution is 5.96. The zero-order valence-corrected chi connectivity index (χ0v) is 13.7. The van der Waals surface area contributed by atoms with Crippen molar-refractivity contribution < 1.29 is 14.3 Å². The average Bonchev–Trinajstić information content (AvgIpc) is 3.15. The topological polar surface area (TPSA) is 35.5 Å². The molecule has 0 spiro atoms. The van der Waals surface area contributed by atoms with E-state index >= 15 is 0 Å². The second-order valence-electron chi connectivity index (χ2n) is 6.07. The fourth-order valence-electron chi connectivity index (χ4n) is 3.17. The van der Waals surface area contributed by atoms with Crippen molar-refractivity contribution in [2.45, 2.75) is 12.3 Å². The van der Waals surface area contributed by atoms with Gasteiger partial charge in [-0.3, -0.25) is 4.79 Å². The first-order valence-electron chi connectivity index (χ1n) is 8.34. The number of ether oxygens (including phenoxy) is 2. The number of hydrogen-bond donors (Lipinski definition) is 0. The van der Waals surface area contributed by atoms with Crippen LogP contribution in [0.2, 0.25) is 0 Å². The van der Waals surface area contributed by atoms with Gasteiger partial charge < -0.3 is 9.47 Å². The van der Waals surface area contributed by atoms with E-state index in [1.807, 2.05) is 66.7 Å². The third kappa shape index (κ3) is 3.26. The first-order valence-corrected chi connectivity index (χ1v) is 8.34. The standard InChI is InChI=1S/C22H18O3/c23-20(17-9-5-2-6-10-17)14-19(16-7-3-1-4-8-16)18-11-12-21-22(13-18)25-15-24-21/h1-13,19H,14-15H2/t19-/m1/s1. The Labute approximate surface area is 146 Å². The van der Waals surface area contributed by atoms with Crippen LogP contribution in [0.5, 0.6) is 11.5 Å². The summed E-state index contributed by atoms with van der Waals surface area (Å²) in [5, 5.41) is 0. The van der Waals surface area contributed by atoms with Gasteiger partial charge in [0.1, 0.15) is 0 Å². The minimum absolute atomic E-state index is 0.0246. The molecular formula is C22H18O3. The highest BCUT2D eigenvalue weighted by atomic mass is 16.7. The van der Waals surface area contributed by atoms with E-state index < -0.39 is 0 Å². The lowest BCUT2D eigenvalue weighted by Crippen LogP contribution is -2.09. The van der Waals surface area contributed by atoms with Gasteiger partial charge in [-0.05, 0) is 23.3 Å². The van der Waals surface area contributed by atoms with Gasteiger partial charge in [-0.1, -0.05) is 66.7 Å². The molecule has 4 rings (SSSR count). The van der Waals surface area contributed by atoms with Crippen molar-refractivity contribution in [2.24, 2.45) is 0 Å². The van der Waals surface area contributed by atoms with Crippen LogP contribution in [0.1, 0.15) is 33.8 Å². The van der Waals surface area contributed by atoms with Gasteiger partial charge in [0, 0.05) is 17.9 Å². The molecule has 0 fully saturated rings. The Morgan fingerprint density at radius 3 is 2.24 bits per heavy atom. The average molecular weight is 330 g/mol. The van der Waals surface area contributed by atoms with Gasteiger partial charge in [0.25, 0.3) is 0 Å². The van der Waals surface area contributed by atoms with Crippen molar-refractivity contribution in [2.75, 3.05) is 6.79 Å². The third-order valence-corrected chi connectivity index (χ3v) is 4.49. The van der Waals surface area contributed by atoms with E-state index in [-0.39, 0.29) is 18.5 Å². The summed E-state index contributed by atoms with van der Waals surface area (Å²) in [6.07, 6.45) is 0.410. The second-order valence-corrected chi connectivity index (χ2v) is 6.07. The van der Waals surface area contributed by atoms with Crippen LogP contribution in [0.3, 0.4) is 0 Å². The molecule has 0 bridgehead atoms. The van der Waals surface area contributed by atoms with Gasteiger partial charge >= 0.3 is 0 Å². The van der Waals surface area contributed by atoms with E-state index in [4.69, 9.17) is 9.47 Å². The van der Waals surface area contributed by atoms with E-state index in [1.54, 1.807) is 0 Å². The van der Waals surface area contributed by atoms with Crippen LogP contribution in [-0.2, 0) is 0 Å². The molecule has 1 atom stereocenters. The van der Waals surface area contributed by atoms with Gasteiger partial charge in [0.05, 0.1) is 0 Å². The van der Waals surface area contributed by atoms with Crippen molar-refractivity contribution in [3.8, 4) is 11.5 Å². The Balaban J connectivity index is 1.69. The third-order valence-electron chi connectivity index (χ3n) is 4.49. The predicted octanol–water partition coefficient (Wildman–Crippen LogP) is 4.82. The molecule has 1 aliphatic rings. The first kappa shape index (κ1) is 15.5. The molecule has 0 radical (unpaired) electrons. The molecule has 0 saturated carbocycles. The summed E-state index contributed by atoms with van der Waals surface area (Å²) < 4.78 is 10.9. The number of fused-ring (bicyclic) bond motifs is 1. The molecule has 3 aromatic carbocycles. The lowest BCUT2D eigenvalue weighted by Gasteiger charge is -2.18. The Bertz CT molecular complexity index is 872. The molecule has 0 N–H and O–H groups in total. The Morgan fingerprint density at radius 1 is 0.800 bits per heavy atom. The molecule has 0 saturated heterocycles. The molecule has 1 heterocycles. The zero-order valence-electron chi connectivity index (χ0n) is 13.7. The van der Waals surface area contributed by atoms with E-state index in [0.29, 0.717) is 6.42 Å². The number of Topliss-reactive ketones (excluding diaryl/α,β-unsaturated/α-hetero) is 1. The van der Waals surface area contributed by atoms with Gasteiger partial charge in [0.15, 0.2) is 17.3 Å². The van der Waals surface area contributed by atoms with Crippen LogP contribution in [0.25, 0.3) is 0 Å². The Hall–Kier alpha value is -3.07. The maximum absolute atomic E-state index is 12.8. The second kappa shape index (κ2) is 6.81. The van der Waals surface area contributed by atoms with Crippen LogP contribution in [0, 0.1) is 0 Å². The normalized spacial score (nSPS) is 13.4. The number of ketones is 1. The van der Waals surface area contributed by atoms with Crippen LogP contribution < -0.4 is 9.47 Å². The summed E-state index contributed by atoms with van der Waals surface area (Å²) in [5.41, 5.74) is 2.91. The summed E-state index contributed by atoms with van der Waals surface area (Å²) in [6, 6.07) is 25.5. The number of hydrogen-bond acceptors (Lipinski definition) is 3. The minimum atomic E-state index is -0.0246. The SMILES string of the molecule is O=C(C[C@H](c1ccccc1)c1ccc2c(c1)OCO2)c1ccccc1. The molecule has 0 amide bonds. The quantitative estimate of drug-likeness (QED) is 0.629. The number of carbonyl (C=O) groups is 1. The highest BCUT2D eigenvalue weighted by Gasteiger charge is 2.22. The molecule has 0 unspecified atom stereocenters. The van der Waals surface area contributed by atoms with Crippen molar-refractivity contribution in [1.82, 2.24) is 0 Å². The van der Waals surface area contributed by atoms with Crippen molar-refractivity contribution >= 4 is 5.78 Å². The molecule has 0 aliphatic carbocycles. The van der Waals surface area contributed by atoms with Crippen LogP contribution in [0.4, 0.5) is 0 Å². The monoisotopic (exact) mass is 330 g/mol. The number of carbonyl (C=O) groups excluding carboxylic acids is 1. The highest BCUT2D eigenvalue weighted by Crippen LogP contribution is 2.38. The minimum Gasteiger partial charge on any atom is -0.454 e. The summed E-state index contributed by atoms with van der Waals surface area (Å²) in [7, 11) is 0. The van der Waals surface area contributed by atoms with Gasteiger partial charge in [-0.25, -0.2) is 0 Å². The van der Waals surface area contributed by atoms with E-state index in [0.717, 1.165) is 28.2 Å². The zero-order chi connectivity index (χ0) is 17.1. The maximum Gasteiger partial charge on any atom is 0.231 e. The van der Waals surface area contributed by atoms with E-state index in [1.165, 1.54) is 0 Å². The number of benzene rings is 3. The molecule has 3 aromatic rings. The van der Waals surface area contributed by atoms with Gasteiger partial charge in [-0.2, -0.15) is 0 Å². The van der Waals surface area contributed by atoms with Crippen molar-refractivity contribution in [3.63, 3.8) is 0 Å². The van der Waals surface area contributed by atoms with Gasteiger partial charge in [0.2, 0.25) is 6.79 Å². The summed E-state index contributed by atoms with van der Waals surface area (Å²) in [6.45, 7) is 0.248. The maximum atomic E-state index is 12.8. The summed E-state index contributed by atoms with van der Waals surface area (Å²) in [5.74, 6) is 1.60. The predicted molar refractivity (Wildman–Crippen MR) is 96.2 cm³/mol. The number of rotatable bonds is 5. The molecule has 3 nitrogen and oxygen atoms in total. The largest absolute Gasteiger partial charge is 0.454 e. The molecule has 25 heavy (non-hydrogen) atoms. The molecule has 1 aliphatic heterocycles. The van der Waals surface area contributed by atoms with Crippen molar-refractivity contribution in [3.05, 3.63) is 95.6 Å². The summed E-state index contributed by atoms with van der Waals surface area (Å²) >= 11 is 0. The van der Waals surface area contributed by atoms with E-state index in [9.17, 15) is 4.79 Å². The molecule has 124 valence electrons.